The molecule has 0 aliphatic heterocycles. The Morgan fingerprint density at radius 2 is 1.97 bits per heavy atom. The van der Waals surface area contributed by atoms with Gasteiger partial charge in [-0.25, -0.2) is 4.98 Å². The topological polar surface area (TPSA) is 50.2 Å². The van der Waals surface area contributed by atoms with E-state index < -0.39 is 5.60 Å². The number of rotatable bonds is 4. The molecule has 3 aliphatic carbocycles. The third-order valence-corrected chi connectivity index (χ3v) is 9.87. The molecular formula is C25H39NO2S. The Hall–Kier alpha value is -0.740. The van der Waals surface area contributed by atoms with Crippen LogP contribution in [0.4, 0.5) is 0 Å². The largest absolute Gasteiger partial charge is 0.390 e. The number of carbonyl (C=O) groups is 1. The van der Waals surface area contributed by atoms with E-state index in [0.29, 0.717) is 12.2 Å². The minimum Gasteiger partial charge on any atom is -0.390 e. The fourth-order valence-electron chi connectivity index (χ4n) is 7.31. The number of thiazole rings is 1. The molecule has 0 bridgehead atoms. The summed E-state index contributed by atoms with van der Waals surface area (Å²) < 4.78 is 0. The van der Waals surface area contributed by atoms with Gasteiger partial charge >= 0.3 is 0 Å². The standard InChI is InChI=1S/C25H39NO2S/c1-3-25(28)12-5-4-8-19-18(7-6-13-25)11-14-24(2)20(19)9-10-21(24)22(27)17-23-26-15-16-29-23/h15-16,18-21,28H,3-14,17H2,1-2H3. The van der Waals surface area contributed by atoms with Gasteiger partial charge in [0.25, 0.3) is 0 Å². The van der Waals surface area contributed by atoms with Crippen molar-refractivity contribution in [3.8, 4) is 0 Å². The molecule has 3 aliphatic rings. The molecule has 29 heavy (non-hydrogen) atoms. The highest BCUT2D eigenvalue weighted by atomic mass is 32.1. The number of nitrogens with zero attached hydrogens (tertiary/aromatic N) is 1. The lowest BCUT2D eigenvalue weighted by molar-refractivity contribution is -0.128. The number of carbonyl (C=O) groups excluding carboxylic acids is 1. The summed E-state index contributed by atoms with van der Waals surface area (Å²) in [4.78, 5) is 17.6. The van der Waals surface area contributed by atoms with Crippen molar-refractivity contribution in [2.75, 3.05) is 0 Å². The van der Waals surface area contributed by atoms with E-state index in [1.165, 1.54) is 44.9 Å². The van der Waals surface area contributed by atoms with Gasteiger partial charge in [0.15, 0.2) is 0 Å². The first-order valence-corrected chi connectivity index (χ1v) is 13.0. The van der Waals surface area contributed by atoms with Crippen LogP contribution in [0.1, 0.15) is 95.9 Å². The summed E-state index contributed by atoms with van der Waals surface area (Å²) in [5.41, 5.74) is -0.222. The molecule has 6 atom stereocenters. The van der Waals surface area contributed by atoms with Gasteiger partial charge in [-0.15, -0.1) is 11.3 Å². The first-order chi connectivity index (χ1) is 14.0. The van der Waals surface area contributed by atoms with Crippen molar-refractivity contribution < 1.29 is 9.90 Å². The molecule has 1 heterocycles. The molecule has 162 valence electrons. The summed E-state index contributed by atoms with van der Waals surface area (Å²) in [7, 11) is 0. The lowest BCUT2D eigenvalue weighted by Gasteiger charge is -2.49. The zero-order valence-electron chi connectivity index (χ0n) is 18.4. The average Bonchev–Trinajstić information content (AvgIpc) is 3.33. The van der Waals surface area contributed by atoms with Crippen LogP contribution in [0.2, 0.25) is 0 Å². The van der Waals surface area contributed by atoms with Gasteiger partial charge in [0.05, 0.1) is 17.0 Å². The number of hydrogen-bond donors (Lipinski definition) is 1. The summed E-state index contributed by atoms with van der Waals surface area (Å²) in [6.45, 7) is 4.59. The average molecular weight is 418 g/mol. The summed E-state index contributed by atoms with van der Waals surface area (Å²) in [5.74, 6) is 2.99. The van der Waals surface area contributed by atoms with Crippen LogP contribution in [-0.2, 0) is 11.2 Å². The normalized spacial score (nSPS) is 40.8. The van der Waals surface area contributed by atoms with E-state index >= 15 is 0 Å². The van der Waals surface area contributed by atoms with Gasteiger partial charge in [0.1, 0.15) is 5.78 Å². The Balaban J connectivity index is 1.46. The lowest BCUT2D eigenvalue weighted by atomic mass is 9.55. The van der Waals surface area contributed by atoms with Crippen molar-refractivity contribution in [1.29, 1.82) is 0 Å². The number of ketones is 1. The predicted molar refractivity (Wildman–Crippen MR) is 119 cm³/mol. The second-order valence-electron chi connectivity index (χ2n) is 10.5. The van der Waals surface area contributed by atoms with Crippen molar-refractivity contribution in [3.63, 3.8) is 0 Å². The molecule has 3 fully saturated rings. The first-order valence-electron chi connectivity index (χ1n) is 12.1. The van der Waals surface area contributed by atoms with Crippen LogP contribution >= 0.6 is 11.3 Å². The van der Waals surface area contributed by atoms with Crippen molar-refractivity contribution in [2.45, 2.75) is 103 Å². The predicted octanol–water partition coefficient (Wildman–Crippen LogP) is 6.20. The van der Waals surface area contributed by atoms with Crippen molar-refractivity contribution in [1.82, 2.24) is 4.98 Å². The van der Waals surface area contributed by atoms with Crippen LogP contribution in [0.3, 0.4) is 0 Å². The van der Waals surface area contributed by atoms with Gasteiger partial charge in [-0.2, -0.15) is 0 Å². The molecule has 0 aromatic carbocycles. The van der Waals surface area contributed by atoms with Crippen LogP contribution in [-0.4, -0.2) is 21.5 Å². The van der Waals surface area contributed by atoms with E-state index in [-0.39, 0.29) is 11.3 Å². The summed E-state index contributed by atoms with van der Waals surface area (Å²) >= 11 is 1.62. The van der Waals surface area contributed by atoms with Crippen molar-refractivity contribution in [3.05, 3.63) is 16.6 Å². The molecule has 3 nitrogen and oxygen atoms in total. The molecule has 4 heteroatoms. The summed E-state index contributed by atoms with van der Waals surface area (Å²) in [5, 5.41) is 13.8. The van der Waals surface area contributed by atoms with E-state index in [0.717, 1.165) is 54.9 Å². The second-order valence-corrected chi connectivity index (χ2v) is 11.5. The molecule has 1 N–H and O–H groups in total. The smallest absolute Gasteiger partial charge is 0.143 e. The molecule has 0 amide bonds. The molecule has 1 aromatic rings. The van der Waals surface area contributed by atoms with Gasteiger partial charge in [0.2, 0.25) is 0 Å². The number of aliphatic hydroxyl groups is 1. The Kier molecular flexibility index (Phi) is 6.51. The molecule has 3 saturated carbocycles. The molecule has 4 rings (SSSR count). The van der Waals surface area contributed by atoms with Crippen LogP contribution in [0.15, 0.2) is 11.6 Å². The summed E-state index contributed by atoms with van der Waals surface area (Å²) in [6, 6.07) is 0. The van der Waals surface area contributed by atoms with Gasteiger partial charge < -0.3 is 5.11 Å². The van der Waals surface area contributed by atoms with Crippen LogP contribution in [0, 0.1) is 29.1 Å². The van der Waals surface area contributed by atoms with Gasteiger partial charge in [-0.05, 0) is 74.5 Å². The quantitative estimate of drug-likeness (QED) is 0.634. The van der Waals surface area contributed by atoms with Crippen LogP contribution in [0.25, 0.3) is 0 Å². The van der Waals surface area contributed by atoms with Crippen molar-refractivity contribution in [2.24, 2.45) is 29.1 Å². The van der Waals surface area contributed by atoms with Gasteiger partial charge in [-0.3, -0.25) is 4.79 Å². The molecule has 1 aromatic heterocycles. The van der Waals surface area contributed by atoms with Crippen molar-refractivity contribution >= 4 is 17.1 Å². The Labute approximate surface area is 180 Å². The minimum atomic E-state index is -0.420. The van der Waals surface area contributed by atoms with Crippen LogP contribution < -0.4 is 0 Å². The number of aromatic nitrogens is 1. The molecule has 6 unspecified atom stereocenters. The second kappa shape index (κ2) is 8.78. The number of Topliss-reactive ketones (excluding diaryl/α,β-unsaturated/α-hetero) is 1. The van der Waals surface area contributed by atoms with Crippen LogP contribution in [0.5, 0.6) is 0 Å². The maximum absolute atomic E-state index is 13.2. The first kappa shape index (κ1) is 21.5. The highest BCUT2D eigenvalue weighted by molar-refractivity contribution is 7.09. The lowest BCUT2D eigenvalue weighted by Crippen LogP contribution is -2.44. The van der Waals surface area contributed by atoms with E-state index in [1.54, 1.807) is 11.3 Å². The molecular weight excluding hydrogens is 378 g/mol. The van der Waals surface area contributed by atoms with E-state index in [2.05, 4.69) is 18.8 Å². The molecule has 0 spiro atoms. The Morgan fingerprint density at radius 3 is 2.72 bits per heavy atom. The molecule has 0 radical (unpaired) electrons. The molecule has 0 saturated heterocycles. The third-order valence-electron chi connectivity index (χ3n) is 9.09. The maximum atomic E-state index is 13.2. The fourth-order valence-corrected chi connectivity index (χ4v) is 7.93. The SMILES string of the molecule is CCC1(O)CCCCC2C(CCC1)CCC1(C)C(C(=O)Cc3nccs3)CCC21. The zero-order chi connectivity index (χ0) is 20.5. The maximum Gasteiger partial charge on any atom is 0.143 e. The minimum absolute atomic E-state index is 0.198. The van der Waals surface area contributed by atoms with E-state index in [1.807, 2.05) is 11.6 Å². The number of fused-ring (bicyclic) bond motifs is 3. The van der Waals surface area contributed by atoms with Gasteiger partial charge in [0, 0.05) is 17.5 Å². The van der Waals surface area contributed by atoms with E-state index in [9.17, 15) is 9.90 Å². The fraction of sp³-hybridized carbons (Fsp3) is 0.840. The Morgan fingerprint density at radius 1 is 1.14 bits per heavy atom. The number of hydrogen-bond acceptors (Lipinski definition) is 4. The monoisotopic (exact) mass is 417 g/mol. The van der Waals surface area contributed by atoms with E-state index in [4.69, 9.17) is 0 Å². The highest BCUT2D eigenvalue weighted by Gasteiger charge is 2.55. The third kappa shape index (κ3) is 4.35. The summed E-state index contributed by atoms with van der Waals surface area (Å²) in [6.07, 6.45) is 16.2. The van der Waals surface area contributed by atoms with Gasteiger partial charge in [-0.1, -0.05) is 39.5 Å². The highest BCUT2D eigenvalue weighted by Crippen LogP contribution is 2.61. The zero-order valence-corrected chi connectivity index (χ0v) is 19.2. The Bertz CT molecular complexity index is 689.